The van der Waals surface area contributed by atoms with E-state index in [1.54, 1.807) is 7.11 Å². The molecule has 0 saturated carbocycles. The van der Waals surface area contributed by atoms with Crippen LogP contribution in [0.15, 0.2) is 36.4 Å². The molecule has 2 aromatic carbocycles. The highest BCUT2D eigenvalue weighted by Crippen LogP contribution is 2.28. The molecule has 0 bridgehead atoms. The summed E-state index contributed by atoms with van der Waals surface area (Å²) in [5.74, 6) is 0.647. The minimum Gasteiger partial charge on any atom is -0.496 e. The Labute approximate surface area is 126 Å². The smallest absolute Gasteiger partial charge is 0.196 e. The van der Waals surface area contributed by atoms with Crippen molar-refractivity contribution < 1.29 is 9.53 Å². The molecule has 2 rings (SSSR count). The summed E-state index contributed by atoms with van der Waals surface area (Å²) in [5.41, 5.74) is 4.40. The summed E-state index contributed by atoms with van der Waals surface area (Å²) in [7, 11) is 5.52. The fraction of sp³-hybridized carbons (Fsp3) is 0.278. The van der Waals surface area contributed by atoms with E-state index in [2.05, 4.69) is 0 Å². The van der Waals surface area contributed by atoms with E-state index in [-0.39, 0.29) is 5.78 Å². The number of ketones is 1. The second kappa shape index (κ2) is 6.00. The third kappa shape index (κ3) is 2.92. The summed E-state index contributed by atoms with van der Waals surface area (Å²) in [6, 6.07) is 11.4. The van der Waals surface area contributed by atoms with Gasteiger partial charge in [0, 0.05) is 25.3 Å². The lowest BCUT2D eigenvalue weighted by atomic mass is 9.97. The monoisotopic (exact) mass is 283 g/mol. The molecule has 0 aliphatic heterocycles. The molecule has 3 heteroatoms. The molecule has 0 N–H and O–H groups in total. The number of aryl methyl sites for hydroxylation is 1. The lowest BCUT2D eigenvalue weighted by Gasteiger charge is -2.15. The quantitative estimate of drug-likeness (QED) is 0.803. The highest BCUT2D eigenvalue weighted by molar-refractivity contribution is 6.11. The van der Waals surface area contributed by atoms with Gasteiger partial charge in [0.15, 0.2) is 5.78 Å². The highest BCUT2D eigenvalue weighted by atomic mass is 16.5. The molecular formula is C18H21NO2. The van der Waals surface area contributed by atoms with Crippen molar-refractivity contribution in [2.24, 2.45) is 0 Å². The van der Waals surface area contributed by atoms with Crippen LogP contribution in [0.25, 0.3) is 0 Å². The van der Waals surface area contributed by atoms with Crippen LogP contribution in [0.5, 0.6) is 5.75 Å². The van der Waals surface area contributed by atoms with E-state index in [1.807, 2.05) is 69.2 Å². The Morgan fingerprint density at radius 2 is 1.81 bits per heavy atom. The Hall–Kier alpha value is -2.29. The van der Waals surface area contributed by atoms with Gasteiger partial charge < -0.3 is 9.64 Å². The molecule has 0 aromatic heterocycles. The van der Waals surface area contributed by atoms with E-state index in [0.29, 0.717) is 16.9 Å². The average Bonchev–Trinajstić information content (AvgIpc) is 2.49. The van der Waals surface area contributed by atoms with E-state index in [1.165, 1.54) is 0 Å². The summed E-state index contributed by atoms with van der Waals surface area (Å²) in [6.07, 6.45) is 0. The van der Waals surface area contributed by atoms with Gasteiger partial charge in [0.2, 0.25) is 0 Å². The number of benzene rings is 2. The average molecular weight is 283 g/mol. The number of nitrogens with zero attached hydrogens (tertiary/aromatic N) is 1. The molecule has 0 fully saturated rings. The summed E-state index contributed by atoms with van der Waals surface area (Å²) < 4.78 is 5.45. The van der Waals surface area contributed by atoms with Crippen molar-refractivity contribution in [3.05, 3.63) is 58.7 Å². The first kappa shape index (κ1) is 15.1. The maximum absolute atomic E-state index is 12.8. The molecule has 3 nitrogen and oxygen atoms in total. The van der Waals surface area contributed by atoms with Gasteiger partial charge in [0.05, 0.1) is 12.7 Å². The third-order valence-electron chi connectivity index (χ3n) is 3.75. The van der Waals surface area contributed by atoms with Gasteiger partial charge in [-0.15, -0.1) is 0 Å². The standard InChI is InChI=1S/C18H21NO2/c1-12-9-10-16(18(21-5)13(12)2)17(20)14-7-6-8-15(11-14)19(3)4/h6-11H,1-5H3. The molecule has 0 radical (unpaired) electrons. The molecule has 0 atom stereocenters. The minimum atomic E-state index is -0.0151. The van der Waals surface area contributed by atoms with Crippen molar-refractivity contribution in [1.82, 2.24) is 0 Å². The maximum Gasteiger partial charge on any atom is 0.196 e. The Morgan fingerprint density at radius 3 is 2.43 bits per heavy atom. The van der Waals surface area contributed by atoms with E-state index in [4.69, 9.17) is 4.74 Å². The van der Waals surface area contributed by atoms with Crippen molar-refractivity contribution in [2.45, 2.75) is 13.8 Å². The molecule has 0 heterocycles. The van der Waals surface area contributed by atoms with Gasteiger partial charge in [-0.2, -0.15) is 0 Å². The first-order chi connectivity index (χ1) is 9.95. The van der Waals surface area contributed by atoms with Crippen LogP contribution in [0.1, 0.15) is 27.0 Å². The zero-order valence-corrected chi connectivity index (χ0v) is 13.2. The third-order valence-corrected chi connectivity index (χ3v) is 3.75. The van der Waals surface area contributed by atoms with Crippen LogP contribution in [-0.4, -0.2) is 27.0 Å². The van der Waals surface area contributed by atoms with Crippen molar-refractivity contribution in [3.63, 3.8) is 0 Å². The van der Waals surface area contributed by atoms with Crippen molar-refractivity contribution >= 4 is 11.5 Å². The first-order valence-corrected chi connectivity index (χ1v) is 6.92. The van der Waals surface area contributed by atoms with E-state index in [0.717, 1.165) is 16.8 Å². The Bertz CT molecular complexity index is 675. The molecule has 0 aliphatic rings. The molecule has 0 spiro atoms. The molecule has 0 aliphatic carbocycles. The highest BCUT2D eigenvalue weighted by Gasteiger charge is 2.17. The molecule has 0 amide bonds. The molecule has 2 aromatic rings. The molecule has 110 valence electrons. The van der Waals surface area contributed by atoms with Gasteiger partial charge in [-0.3, -0.25) is 4.79 Å². The summed E-state index contributed by atoms with van der Waals surface area (Å²) in [5, 5.41) is 0. The number of methoxy groups -OCH3 is 1. The van der Waals surface area contributed by atoms with Crippen molar-refractivity contribution in [3.8, 4) is 5.75 Å². The topological polar surface area (TPSA) is 29.5 Å². The fourth-order valence-electron chi connectivity index (χ4n) is 2.31. The van der Waals surface area contributed by atoms with Crippen LogP contribution in [-0.2, 0) is 0 Å². The largest absolute Gasteiger partial charge is 0.496 e. The number of anilines is 1. The van der Waals surface area contributed by atoms with Gasteiger partial charge in [-0.1, -0.05) is 18.2 Å². The molecular weight excluding hydrogens is 262 g/mol. The molecule has 0 saturated heterocycles. The SMILES string of the molecule is COc1c(C(=O)c2cccc(N(C)C)c2)ccc(C)c1C. The van der Waals surface area contributed by atoms with Crippen LogP contribution in [0.2, 0.25) is 0 Å². The minimum absolute atomic E-state index is 0.0151. The Balaban J connectivity index is 2.50. The van der Waals surface area contributed by atoms with E-state index < -0.39 is 0 Å². The number of hydrogen-bond acceptors (Lipinski definition) is 3. The number of carbonyl (C=O) groups is 1. The lowest BCUT2D eigenvalue weighted by Crippen LogP contribution is -2.11. The van der Waals surface area contributed by atoms with Gasteiger partial charge >= 0.3 is 0 Å². The van der Waals surface area contributed by atoms with Crippen LogP contribution in [0.4, 0.5) is 5.69 Å². The van der Waals surface area contributed by atoms with Crippen molar-refractivity contribution in [2.75, 3.05) is 26.1 Å². The van der Waals surface area contributed by atoms with Crippen LogP contribution < -0.4 is 9.64 Å². The second-order valence-corrected chi connectivity index (χ2v) is 5.36. The summed E-state index contributed by atoms with van der Waals surface area (Å²) in [6.45, 7) is 3.99. The number of carbonyl (C=O) groups excluding carboxylic acids is 1. The Kier molecular flexibility index (Phi) is 4.32. The zero-order valence-electron chi connectivity index (χ0n) is 13.2. The summed E-state index contributed by atoms with van der Waals surface area (Å²) >= 11 is 0. The Morgan fingerprint density at radius 1 is 1.10 bits per heavy atom. The predicted molar refractivity (Wildman–Crippen MR) is 86.7 cm³/mol. The normalized spacial score (nSPS) is 10.3. The number of hydrogen-bond donors (Lipinski definition) is 0. The van der Waals surface area contributed by atoms with Gasteiger partial charge in [-0.25, -0.2) is 0 Å². The second-order valence-electron chi connectivity index (χ2n) is 5.36. The van der Waals surface area contributed by atoms with Crippen LogP contribution >= 0.6 is 0 Å². The number of ether oxygens (including phenoxy) is 1. The zero-order chi connectivity index (χ0) is 15.6. The number of rotatable bonds is 4. The first-order valence-electron chi connectivity index (χ1n) is 6.92. The summed E-state index contributed by atoms with van der Waals surface area (Å²) in [4.78, 5) is 14.7. The fourth-order valence-corrected chi connectivity index (χ4v) is 2.31. The van der Waals surface area contributed by atoms with Gasteiger partial charge in [-0.05, 0) is 43.2 Å². The predicted octanol–water partition coefficient (Wildman–Crippen LogP) is 3.61. The van der Waals surface area contributed by atoms with Crippen LogP contribution in [0, 0.1) is 13.8 Å². The van der Waals surface area contributed by atoms with Gasteiger partial charge in [0.1, 0.15) is 5.75 Å². The van der Waals surface area contributed by atoms with Gasteiger partial charge in [0.25, 0.3) is 0 Å². The molecule has 21 heavy (non-hydrogen) atoms. The van der Waals surface area contributed by atoms with Crippen LogP contribution in [0.3, 0.4) is 0 Å². The van der Waals surface area contributed by atoms with Crippen molar-refractivity contribution in [1.29, 1.82) is 0 Å². The lowest BCUT2D eigenvalue weighted by molar-refractivity contribution is 0.103. The molecule has 0 unspecified atom stereocenters. The maximum atomic E-state index is 12.8. The van der Waals surface area contributed by atoms with E-state index >= 15 is 0 Å². The van der Waals surface area contributed by atoms with E-state index in [9.17, 15) is 4.79 Å².